The van der Waals surface area contributed by atoms with Gasteiger partial charge in [0.05, 0.1) is 18.1 Å². The van der Waals surface area contributed by atoms with Crippen molar-refractivity contribution in [2.45, 2.75) is 20.3 Å². The minimum atomic E-state index is -0.0860. The number of hydrogen-bond acceptors (Lipinski definition) is 4. The second-order valence-corrected chi connectivity index (χ2v) is 5.61. The average Bonchev–Trinajstić information content (AvgIpc) is 2.69. The maximum Gasteiger partial charge on any atom is 0.285 e. The number of morpholine rings is 1. The summed E-state index contributed by atoms with van der Waals surface area (Å²) in [6.07, 6.45) is 2.94. The van der Waals surface area contributed by atoms with Crippen LogP contribution in [0, 0.1) is 5.92 Å². The predicted molar refractivity (Wildman–Crippen MR) is 70.0 cm³/mol. The molecule has 2 heterocycles. The molecule has 0 aliphatic carbocycles. The van der Waals surface area contributed by atoms with E-state index in [1.54, 1.807) is 0 Å². The third-order valence-corrected chi connectivity index (χ3v) is 3.76. The summed E-state index contributed by atoms with van der Waals surface area (Å²) in [4.78, 5) is 18.7. The number of aliphatic imine (C=N–C) groups is 1. The number of carbonyl (C=O) groups excluding carboxylic acids is 1. The van der Waals surface area contributed by atoms with Crippen LogP contribution in [-0.4, -0.2) is 42.3 Å². The van der Waals surface area contributed by atoms with Crippen LogP contribution in [0.15, 0.2) is 16.0 Å². The largest absolute Gasteiger partial charge is 0.378 e. The zero-order chi connectivity index (χ0) is 12.3. The van der Waals surface area contributed by atoms with E-state index in [1.807, 2.05) is 6.08 Å². The fourth-order valence-corrected chi connectivity index (χ4v) is 2.62. The van der Waals surface area contributed by atoms with Crippen molar-refractivity contribution in [3.63, 3.8) is 0 Å². The van der Waals surface area contributed by atoms with Crippen molar-refractivity contribution in [3.05, 3.63) is 11.0 Å². The lowest BCUT2D eigenvalue weighted by Crippen LogP contribution is -2.38. The quantitative estimate of drug-likeness (QED) is 0.706. The SMILES string of the molecule is CC(C)CC=C1SC(N2CCOCC2)=NC1=O. The van der Waals surface area contributed by atoms with Crippen molar-refractivity contribution in [1.29, 1.82) is 0 Å². The van der Waals surface area contributed by atoms with Gasteiger partial charge in [0.2, 0.25) is 0 Å². The van der Waals surface area contributed by atoms with E-state index in [0.29, 0.717) is 5.92 Å². The summed E-state index contributed by atoms with van der Waals surface area (Å²) in [5.41, 5.74) is 0. The molecular formula is C12H18N2O2S. The standard InChI is InChI=1S/C12H18N2O2S/c1-9(2)3-4-10-11(15)13-12(17-10)14-5-7-16-8-6-14/h4,9H,3,5-8H2,1-2H3. The van der Waals surface area contributed by atoms with Gasteiger partial charge in [0, 0.05) is 13.1 Å². The van der Waals surface area contributed by atoms with Gasteiger partial charge in [-0.2, -0.15) is 4.99 Å². The van der Waals surface area contributed by atoms with Crippen LogP contribution in [-0.2, 0) is 9.53 Å². The number of thioether (sulfide) groups is 1. The van der Waals surface area contributed by atoms with Crippen LogP contribution < -0.4 is 0 Å². The van der Waals surface area contributed by atoms with Crippen LogP contribution in [0.1, 0.15) is 20.3 Å². The van der Waals surface area contributed by atoms with Gasteiger partial charge in [-0.1, -0.05) is 19.9 Å². The van der Waals surface area contributed by atoms with E-state index in [4.69, 9.17) is 4.74 Å². The molecule has 94 valence electrons. The highest BCUT2D eigenvalue weighted by Crippen LogP contribution is 2.29. The lowest BCUT2D eigenvalue weighted by atomic mass is 10.1. The van der Waals surface area contributed by atoms with Gasteiger partial charge in [-0.25, -0.2) is 0 Å². The van der Waals surface area contributed by atoms with Gasteiger partial charge in [-0.05, 0) is 24.1 Å². The van der Waals surface area contributed by atoms with Crippen molar-refractivity contribution in [2.75, 3.05) is 26.3 Å². The Morgan fingerprint density at radius 1 is 1.47 bits per heavy atom. The van der Waals surface area contributed by atoms with Crippen molar-refractivity contribution in [3.8, 4) is 0 Å². The van der Waals surface area contributed by atoms with Crippen LogP contribution in [0.5, 0.6) is 0 Å². The lowest BCUT2D eigenvalue weighted by molar-refractivity contribution is -0.113. The first-order valence-electron chi connectivity index (χ1n) is 6.00. The van der Waals surface area contributed by atoms with Crippen LogP contribution >= 0.6 is 11.8 Å². The number of hydrogen-bond donors (Lipinski definition) is 0. The Balaban J connectivity index is 1.96. The van der Waals surface area contributed by atoms with Crippen molar-refractivity contribution in [2.24, 2.45) is 10.9 Å². The van der Waals surface area contributed by atoms with Gasteiger partial charge in [0.25, 0.3) is 5.91 Å². The minimum absolute atomic E-state index is 0.0860. The third kappa shape index (κ3) is 3.33. The van der Waals surface area contributed by atoms with Crippen molar-refractivity contribution >= 4 is 22.8 Å². The van der Waals surface area contributed by atoms with E-state index in [9.17, 15) is 4.79 Å². The molecule has 1 saturated heterocycles. The molecule has 0 bridgehead atoms. The summed E-state index contributed by atoms with van der Waals surface area (Å²) in [7, 11) is 0. The number of rotatable bonds is 2. The zero-order valence-corrected chi connectivity index (χ0v) is 11.1. The average molecular weight is 254 g/mol. The van der Waals surface area contributed by atoms with E-state index >= 15 is 0 Å². The van der Waals surface area contributed by atoms with Gasteiger partial charge < -0.3 is 9.64 Å². The molecule has 0 N–H and O–H groups in total. The number of amidine groups is 1. The van der Waals surface area contributed by atoms with Gasteiger partial charge in [0.15, 0.2) is 5.17 Å². The van der Waals surface area contributed by atoms with Gasteiger partial charge in [0.1, 0.15) is 0 Å². The number of nitrogens with zero attached hydrogens (tertiary/aromatic N) is 2. The Hall–Kier alpha value is -0.810. The second-order valence-electron chi connectivity index (χ2n) is 4.60. The summed E-state index contributed by atoms with van der Waals surface area (Å²) < 4.78 is 5.29. The summed E-state index contributed by atoms with van der Waals surface area (Å²) in [5.74, 6) is 0.487. The molecule has 0 unspecified atom stereocenters. The Kier molecular flexibility index (Phi) is 4.23. The van der Waals surface area contributed by atoms with E-state index < -0.39 is 0 Å². The first-order chi connectivity index (χ1) is 8.16. The number of amides is 1. The molecule has 1 amide bonds. The molecule has 0 spiro atoms. The van der Waals surface area contributed by atoms with E-state index in [0.717, 1.165) is 42.8 Å². The molecule has 0 aromatic heterocycles. The topological polar surface area (TPSA) is 41.9 Å². The van der Waals surface area contributed by atoms with Gasteiger partial charge in [-0.3, -0.25) is 4.79 Å². The molecule has 4 nitrogen and oxygen atoms in total. The molecule has 0 aromatic carbocycles. The molecule has 0 radical (unpaired) electrons. The molecule has 0 saturated carbocycles. The minimum Gasteiger partial charge on any atom is -0.378 e. The molecular weight excluding hydrogens is 236 g/mol. The fraction of sp³-hybridized carbons (Fsp3) is 0.667. The van der Waals surface area contributed by atoms with E-state index in [1.165, 1.54) is 11.8 Å². The first-order valence-corrected chi connectivity index (χ1v) is 6.82. The monoisotopic (exact) mass is 254 g/mol. The van der Waals surface area contributed by atoms with Crippen molar-refractivity contribution in [1.82, 2.24) is 4.90 Å². The van der Waals surface area contributed by atoms with Gasteiger partial charge in [-0.15, -0.1) is 0 Å². The summed E-state index contributed by atoms with van der Waals surface area (Å²) in [5, 5.41) is 0.841. The second kappa shape index (κ2) is 5.69. The number of allylic oxidation sites excluding steroid dienone is 1. The zero-order valence-electron chi connectivity index (χ0n) is 10.3. The highest BCUT2D eigenvalue weighted by atomic mass is 32.2. The van der Waals surface area contributed by atoms with Crippen LogP contribution in [0.3, 0.4) is 0 Å². The van der Waals surface area contributed by atoms with Gasteiger partial charge >= 0.3 is 0 Å². The fourth-order valence-electron chi connectivity index (χ4n) is 1.67. The van der Waals surface area contributed by atoms with Crippen molar-refractivity contribution < 1.29 is 9.53 Å². The summed E-state index contributed by atoms with van der Waals surface area (Å²) >= 11 is 1.50. The number of ether oxygens (including phenoxy) is 1. The molecule has 1 fully saturated rings. The lowest BCUT2D eigenvalue weighted by Gasteiger charge is -2.27. The summed E-state index contributed by atoms with van der Waals surface area (Å²) in [6.45, 7) is 7.39. The predicted octanol–water partition coefficient (Wildman–Crippen LogP) is 1.88. The van der Waals surface area contributed by atoms with Crippen LogP contribution in [0.25, 0.3) is 0 Å². The maximum absolute atomic E-state index is 11.7. The molecule has 0 atom stereocenters. The Bertz CT molecular complexity index is 358. The molecule has 2 rings (SSSR count). The Labute approximate surface area is 106 Å². The van der Waals surface area contributed by atoms with E-state index in [2.05, 4.69) is 23.7 Å². The van der Waals surface area contributed by atoms with Crippen LogP contribution in [0.4, 0.5) is 0 Å². The highest BCUT2D eigenvalue weighted by Gasteiger charge is 2.26. The molecule has 2 aliphatic heterocycles. The molecule has 2 aliphatic rings. The van der Waals surface area contributed by atoms with E-state index in [-0.39, 0.29) is 5.91 Å². The number of carbonyl (C=O) groups is 1. The maximum atomic E-state index is 11.7. The molecule has 17 heavy (non-hydrogen) atoms. The normalized spacial score (nSPS) is 23.7. The first kappa shape index (κ1) is 12.6. The smallest absolute Gasteiger partial charge is 0.285 e. The third-order valence-electron chi connectivity index (χ3n) is 2.67. The molecule has 5 heteroatoms. The molecule has 0 aromatic rings. The Morgan fingerprint density at radius 3 is 2.82 bits per heavy atom. The highest BCUT2D eigenvalue weighted by molar-refractivity contribution is 8.18. The van der Waals surface area contributed by atoms with Crippen LogP contribution in [0.2, 0.25) is 0 Å². The summed E-state index contributed by atoms with van der Waals surface area (Å²) in [6, 6.07) is 0. The Morgan fingerprint density at radius 2 is 2.18 bits per heavy atom.